The number of fused-ring (bicyclic) bond motifs is 1. The molecule has 4 heteroatoms. The van der Waals surface area contributed by atoms with E-state index < -0.39 is 0 Å². The molecular weight excluding hydrogens is 303 g/mol. The minimum atomic E-state index is 0.329. The van der Waals surface area contributed by atoms with Crippen LogP contribution >= 0.6 is 23.2 Å². The van der Waals surface area contributed by atoms with Crippen molar-refractivity contribution in [2.24, 2.45) is 0 Å². The maximum absolute atomic E-state index is 6.13. The molecule has 3 rings (SSSR count). The molecule has 0 amide bonds. The van der Waals surface area contributed by atoms with Crippen molar-refractivity contribution in [1.29, 1.82) is 0 Å². The fraction of sp³-hybridized carbons (Fsp3) is 0.235. The summed E-state index contributed by atoms with van der Waals surface area (Å²) in [5, 5.41) is 1.49. The van der Waals surface area contributed by atoms with Crippen LogP contribution in [0.1, 0.15) is 31.3 Å². The minimum Gasteiger partial charge on any atom is -0.325 e. The van der Waals surface area contributed by atoms with Crippen molar-refractivity contribution < 1.29 is 0 Å². The van der Waals surface area contributed by atoms with Crippen molar-refractivity contribution in [2.45, 2.75) is 26.3 Å². The predicted octanol–water partition coefficient (Wildman–Crippen LogP) is 5.51. The Balaban J connectivity index is 2.08. The molecule has 2 nitrogen and oxygen atoms in total. The average molecular weight is 319 g/mol. The first kappa shape index (κ1) is 14.4. The lowest BCUT2D eigenvalue weighted by molar-refractivity contribution is 0.591. The van der Waals surface area contributed by atoms with Gasteiger partial charge in [-0.3, -0.25) is 0 Å². The zero-order chi connectivity index (χ0) is 15.0. The predicted molar refractivity (Wildman–Crippen MR) is 89.4 cm³/mol. The zero-order valence-electron chi connectivity index (χ0n) is 12.0. The third-order valence-corrected chi connectivity index (χ3v) is 4.00. The van der Waals surface area contributed by atoms with Crippen LogP contribution in [0.5, 0.6) is 0 Å². The lowest BCUT2D eigenvalue weighted by atomic mass is 10.1. The van der Waals surface area contributed by atoms with Crippen LogP contribution in [0.3, 0.4) is 0 Å². The van der Waals surface area contributed by atoms with Crippen molar-refractivity contribution in [3.8, 4) is 0 Å². The summed E-state index contributed by atoms with van der Waals surface area (Å²) in [6.45, 7) is 4.32. The second-order valence-electron chi connectivity index (χ2n) is 5.43. The summed E-state index contributed by atoms with van der Waals surface area (Å²) in [6.07, 6.45) is 0.779. The average Bonchev–Trinajstić information content (AvgIpc) is 2.78. The van der Waals surface area contributed by atoms with Crippen molar-refractivity contribution in [2.75, 3.05) is 0 Å². The van der Waals surface area contributed by atoms with Gasteiger partial charge in [0.15, 0.2) is 0 Å². The fourth-order valence-electron chi connectivity index (χ4n) is 2.60. The normalized spacial score (nSPS) is 11.5. The Kier molecular flexibility index (Phi) is 3.92. The second kappa shape index (κ2) is 5.70. The van der Waals surface area contributed by atoms with E-state index in [4.69, 9.17) is 28.2 Å². The summed E-state index contributed by atoms with van der Waals surface area (Å²) in [7, 11) is 0. The summed E-state index contributed by atoms with van der Waals surface area (Å²) < 4.78 is 2.25. The summed E-state index contributed by atoms with van der Waals surface area (Å²) in [5.41, 5.74) is 3.27. The third-order valence-electron chi connectivity index (χ3n) is 3.52. The molecule has 0 N–H and O–H groups in total. The van der Waals surface area contributed by atoms with E-state index in [1.54, 1.807) is 0 Å². The highest BCUT2D eigenvalue weighted by Gasteiger charge is 2.14. The molecule has 0 fully saturated rings. The molecule has 2 aromatic carbocycles. The lowest BCUT2D eigenvalue weighted by Gasteiger charge is -2.13. The first-order chi connectivity index (χ1) is 10.0. The second-order valence-corrected chi connectivity index (χ2v) is 6.30. The van der Waals surface area contributed by atoms with E-state index in [0.29, 0.717) is 6.04 Å². The molecule has 0 spiro atoms. The molecule has 0 unspecified atom stereocenters. The van der Waals surface area contributed by atoms with Gasteiger partial charge in [0.1, 0.15) is 5.82 Å². The molecule has 0 atom stereocenters. The SMILES string of the molecule is CC(C)n1c(Cc2ccc(Cl)cc2)nc2ccc(Cl)cc21. The van der Waals surface area contributed by atoms with Gasteiger partial charge in [-0.05, 0) is 49.7 Å². The van der Waals surface area contributed by atoms with E-state index in [0.717, 1.165) is 33.3 Å². The summed E-state index contributed by atoms with van der Waals surface area (Å²) in [6, 6.07) is 14.1. The van der Waals surface area contributed by atoms with Gasteiger partial charge in [-0.25, -0.2) is 4.98 Å². The Morgan fingerprint density at radius 3 is 2.33 bits per heavy atom. The molecule has 0 aliphatic rings. The summed E-state index contributed by atoms with van der Waals surface area (Å²) >= 11 is 12.1. The lowest BCUT2D eigenvalue weighted by Crippen LogP contribution is -2.06. The monoisotopic (exact) mass is 318 g/mol. The largest absolute Gasteiger partial charge is 0.325 e. The quantitative estimate of drug-likeness (QED) is 0.622. The van der Waals surface area contributed by atoms with Gasteiger partial charge in [0.2, 0.25) is 0 Å². The highest BCUT2D eigenvalue weighted by atomic mass is 35.5. The van der Waals surface area contributed by atoms with Crippen LogP contribution in [0.15, 0.2) is 42.5 Å². The molecule has 0 radical (unpaired) electrons. The first-order valence-corrected chi connectivity index (χ1v) is 7.71. The van der Waals surface area contributed by atoms with E-state index >= 15 is 0 Å². The summed E-state index contributed by atoms with van der Waals surface area (Å²) in [4.78, 5) is 4.76. The maximum Gasteiger partial charge on any atom is 0.114 e. The fourth-order valence-corrected chi connectivity index (χ4v) is 2.89. The minimum absolute atomic E-state index is 0.329. The van der Waals surface area contributed by atoms with Crippen LogP contribution in [-0.4, -0.2) is 9.55 Å². The van der Waals surface area contributed by atoms with Gasteiger partial charge in [-0.15, -0.1) is 0 Å². The van der Waals surface area contributed by atoms with E-state index in [1.807, 2.05) is 42.5 Å². The maximum atomic E-state index is 6.13. The van der Waals surface area contributed by atoms with Crippen molar-refractivity contribution in [1.82, 2.24) is 9.55 Å². The van der Waals surface area contributed by atoms with Crippen LogP contribution in [0, 0.1) is 0 Å². The number of aromatic nitrogens is 2. The molecule has 0 saturated heterocycles. The van der Waals surface area contributed by atoms with Crippen molar-refractivity contribution in [3.05, 3.63) is 63.9 Å². The highest BCUT2D eigenvalue weighted by molar-refractivity contribution is 6.31. The number of rotatable bonds is 3. The van der Waals surface area contributed by atoms with Gasteiger partial charge < -0.3 is 4.57 Å². The van der Waals surface area contributed by atoms with Crippen LogP contribution in [-0.2, 0) is 6.42 Å². The van der Waals surface area contributed by atoms with Crippen molar-refractivity contribution >= 4 is 34.2 Å². The highest BCUT2D eigenvalue weighted by Crippen LogP contribution is 2.25. The van der Waals surface area contributed by atoms with Gasteiger partial charge in [0.25, 0.3) is 0 Å². The standard InChI is InChI=1S/C17H16Cl2N2/c1-11(2)21-16-10-14(19)7-8-15(16)20-17(21)9-12-3-5-13(18)6-4-12/h3-8,10-11H,9H2,1-2H3. The number of benzene rings is 2. The van der Waals surface area contributed by atoms with Gasteiger partial charge in [0.05, 0.1) is 11.0 Å². The van der Waals surface area contributed by atoms with Gasteiger partial charge in [-0.2, -0.15) is 0 Å². The number of hydrogen-bond acceptors (Lipinski definition) is 1. The first-order valence-electron chi connectivity index (χ1n) is 6.95. The third kappa shape index (κ3) is 2.92. The van der Waals surface area contributed by atoms with Crippen LogP contribution in [0.2, 0.25) is 10.0 Å². The molecule has 0 aliphatic heterocycles. The molecule has 3 aromatic rings. The smallest absolute Gasteiger partial charge is 0.114 e. The van der Waals surface area contributed by atoms with E-state index in [2.05, 4.69) is 18.4 Å². The Morgan fingerprint density at radius 2 is 1.67 bits per heavy atom. The van der Waals surface area contributed by atoms with Crippen LogP contribution in [0.4, 0.5) is 0 Å². The topological polar surface area (TPSA) is 17.8 Å². The number of halogens is 2. The van der Waals surface area contributed by atoms with E-state index in [-0.39, 0.29) is 0 Å². The molecule has 21 heavy (non-hydrogen) atoms. The molecule has 0 aliphatic carbocycles. The molecule has 108 valence electrons. The van der Waals surface area contributed by atoms with Gasteiger partial charge >= 0.3 is 0 Å². The Bertz CT molecular complexity index is 773. The molecule has 0 bridgehead atoms. The van der Waals surface area contributed by atoms with Crippen molar-refractivity contribution in [3.63, 3.8) is 0 Å². The Labute approximate surface area is 134 Å². The molecule has 1 aromatic heterocycles. The summed E-state index contributed by atoms with van der Waals surface area (Å²) in [5.74, 6) is 1.05. The Morgan fingerprint density at radius 1 is 1.00 bits per heavy atom. The number of imidazole rings is 1. The number of hydrogen-bond donors (Lipinski definition) is 0. The van der Waals surface area contributed by atoms with Crippen LogP contribution in [0.25, 0.3) is 11.0 Å². The molecule has 1 heterocycles. The van der Waals surface area contributed by atoms with Gasteiger partial charge in [-0.1, -0.05) is 35.3 Å². The molecular formula is C17H16Cl2N2. The van der Waals surface area contributed by atoms with E-state index in [9.17, 15) is 0 Å². The zero-order valence-corrected chi connectivity index (χ0v) is 13.5. The van der Waals surface area contributed by atoms with E-state index in [1.165, 1.54) is 5.56 Å². The Hall–Kier alpha value is -1.51. The van der Waals surface area contributed by atoms with Crippen LogP contribution < -0.4 is 0 Å². The molecule has 0 saturated carbocycles. The number of nitrogens with zero attached hydrogens (tertiary/aromatic N) is 2. The van der Waals surface area contributed by atoms with Gasteiger partial charge in [0, 0.05) is 22.5 Å².